The normalized spacial score (nSPS) is 14.4. The van der Waals surface area contributed by atoms with Crippen molar-refractivity contribution < 1.29 is 32.9 Å². The van der Waals surface area contributed by atoms with Crippen LogP contribution in [-0.2, 0) is 18.4 Å². The second-order valence-corrected chi connectivity index (χ2v) is 22.7. The fourth-order valence-electron chi connectivity index (χ4n) is 8.51. The molecule has 0 aromatic rings. The maximum atomic E-state index is 13.0. The second kappa shape index (κ2) is 52.8. The van der Waals surface area contributed by atoms with Crippen LogP contribution in [0.1, 0.15) is 264 Å². The molecule has 9 heteroatoms. The SMILES string of the molecule is CC/C=C\C/C=C\C/C=C\C/C=C\CCCCCCCCCCCCCCCCCCCCCCC(=O)NC(COP(=O)([O-])OCC[N+](C)(C)C)C(O)/C=C/CC/C=C/CCCCCCCCCCCC. The minimum Gasteiger partial charge on any atom is -0.756 e. The molecule has 0 radical (unpaired) electrons. The van der Waals surface area contributed by atoms with E-state index >= 15 is 0 Å². The minimum absolute atomic E-state index is 0.00694. The number of hydrogen-bond acceptors (Lipinski definition) is 6. The summed E-state index contributed by atoms with van der Waals surface area (Å²) < 4.78 is 23.3. The first kappa shape index (κ1) is 68.9. The fourth-order valence-corrected chi connectivity index (χ4v) is 9.24. The monoisotopic (exact) mass is 1010 g/mol. The van der Waals surface area contributed by atoms with Gasteiger partial charge in [-0.1, -0.05) is 260 Å². The molecular weight excluding hydrogens is 900 g/mol. The zero-order valence-electron chi connectivity index (χ0n) is 47.2. The molecule has 0 aliphatic rings. The minimum atomic E-state index is -4.60. The Hall–Kier alpha value is -2.06. The predicted molar refractivity (Wildman–Crippen MR) is 307 cm³/mol. The highest BCUT2D eigenvalue weighted by Crippen LogP contribution is 2.38. The van der Waals surface area contributed by atoms with Crippen molar-refractivity contribution in [2.24, 2.45) is 0 Å². The van der Waals surface area contributed by atoms with Gasteiger partial charge in [-0.05, 0) is 70.6 Å². The van der Waals surface area contributed by atoms with Crippen LogP contribution < -0.4 is 10.2 Å². The van der Waals surface area contributed by atoms with Gasteiger partial charge < -0.3 is 28.8 Å². The summed E-state index contributed by atoms with van der Waals surface area (Å²) in [5.41, 5.74) is 0. The van der Waals surface area contributed by atoms with Gasteiger partial charge in [0.05, 0.1) is 39.9 Å². The summed E-state index contributed by atoms with van der Waals surface area (Å²) in [7, 11) is 1.25. The van der Waals surface area contributed by atoms with Crippen LogP contribution in [0.2, 0.25) is 0 Å². The molecule has 0 fully saturated rings. The van der Waals surface area contributed by atoms with Crippen LogP contribution in [0, 0.1) is 0 Å². The number of aliphatic hydroxyl groups is 1. The number of quaternary nitrogens is 1. The van der Waals surface area contributed by atoms with E-state index < -0.39 is 26.6 Å². The van der Waals surface area contributed by atoms with Gasteiger partial charge in [0.1, 0.15) is 13.2 Å². The highest BCUT2D eigenvalue weighted by Gasteiger charge is 2.23. The molecule has 0 aromatic carbocycles. The van der Waals surface area contributed by atoms with Crippen molar-refractivity contribution >= 4 is 13.7 Å². The van der Waals surface area contributed by atoms with E-state index in [1.807, 2.05) is 27.2 Å². The zero-order chi connectivity index (χ0) is 52.0. The lowest BCUT2D eigenvalue weighted by molar-refractivity contribution is -0.870. The average molecular weight is 1020 g/mol. The summed E-state index contributed by atoms with van der Waals surface area (Å²) in [5.74, 6) is -0.206. The molecule has 0 bridgehead atoms. The van der Waals surface area contributed by atoms with E-state index in [0.29, 0.717) is 17.4 Å². The van der Waals surface area contributed by atoms with E-state index in [1.54, 1.807) is 6.08 Å². The maximum absolute atomic E-state index is 13.0. The van der Waals surface area contributed by atoms with Crippen molar-refractivity contribution in [1.29, 1.82) is 0 Å². The van der Waals surface area contributed by atoms with E-state index in [0.717, 1.165) is 64.2 Å². The lowest BCUT2D eigenvalue weighted by Crippen LogP contribution is -2.45. The van der Waals surface area contributed by atoms with Gasteiger partial charge in [0, 0.05) is 6.42 Å². The number of aliphatic hydroxyl groups excluding tert-OH is 1. The number of likely N-dealkylation sites (N-methyl/N-ethyl adjacent to an activating group) is 1. The van der Waals surface area contributed by atoms with Crippen molar-refractivity contribution in [3.63, 3.8) is 0 Å². The summed E-state index contributed by atoms with van der Waals surface area (Å²) in [4.78, 5) is 25.5. The molecule has 3 atom stereocenters. The Morgan fingerprint density at radius 2 is 0.873 bits per heavy atom. The van der Waals surface area contributed by atoms with Crippen molar-refractivity contribution in [3.8, 4) is 0 Å². The van der Waals surface area contributed by atoms with Gasteiger partial charge in [-0.3, -0.25) is 9.36 Å². The van der Waals surface area contributed by atoms with Crippen molar-refractivity contribution in [2.75, 3.05) is 40.9 Å². The topological polar surface area (TPSA) is 108 Å². The quantitative estimate of drug-likeness (QED) is 0.0272. The number of carbonyl (C=O) groups is 1. The Bertz CT molecular complexity index is 1380. The molecule has 2 N–H and O–H groups in total. The molecule has 0 heterocycles. The van der Waals surface area contributed by atoms with E-state index in [9.17, 15) is 19.4 Å². The molecule has 71 heavy (non-hydrogen) atoms. The van der Waals surface area contributed by atoms with Crippen LogP contribution >= 0.6 is 7.82 Å². The molecule has 0 aliphatic heterocycles. The number of hydrogen-bond donors (Lipinski definition) is 2. The number of nitrogens with zero attached hydrogens (tertiary/aromatic N) is 1. The highest BCUT2D eigenvalue weighted by atomic mass is 31.2. The summed E-state index contributed by atoms with van der Waals surface area (Å²) in [6.45, 7) is 4.53. The molecule has 0 aromatic heterocycles. The van der Waals surface area contributed by atoms with Gasteiger partial charge in [-0.2, -0.15) is 0 Å². The van der Waals surface area contributed by atoms with Gasteiger partial charge >= 0.3 is 0 Å². The van der Waals surface area contributed by atoms with Crippen LogP contribution in [0.3, 0.4) is 0 Å². The van der Waals surface area contributed by atoms with E-state index in [2.05, 4.69) is 79.9 Å². The highest BCUT2D eigenvalue weighted by molar-refractivity contribution is 7.45. The van der Waals surface area contributed by atoms with Gasteiger partial charge in [0.2, 0.25) is 5.91 Å². The first-order valence-corrected chi connectivity index (χ1v) is 31.3. The maximum Gasteiger partial charge on any atom is 0.268 e. The Kier molecular flexibility index (Phi) is 51.3. The number of carbonyl (C=O) groups excluding carboxylic acids is 1. The number of allylic oxidation sites excluding steroid dienone is 11. The van der Waals surface area contributed by atoms with Gasteiger partial charge in [0.25, 0.3) is 7.82 Å². The molecule has 0 aliphatic carbocycles. The smallest absolute Gasteiger partial charge is 0.268 e. The molecule has 0 rings (SSSR count). The first-order valence-electron chi connectivity index (χ1n) is 29.8. The molecule has 0 spiro atoms. The Morgan fingerprint density at radius 1 is 0.507 bits per heavy atom. The van der Waals surface area contributed by atoms with E-state index in [-0.39, 0.29) is 12.5 Å². The lowest BCUT2D eigenvalue weighted by atomic mass is 10.0. The summed E-state index contributed by atoms with van der Waals surface area (Å²) in [6.07, 6.45) is 72.8. The number of unbranched alkanes of at least 4 members (excludes halogenated alkanes) is 31. The first-order chi connectivity index (χ1) is 34.5. The third-order valence-electron chi connectivity index (χ3n) is 13.2. The third-order valence-corrected chi connectivity index (χ3v) is 14.1. The van der Waals surface area contributed by atoms with Crippen molar-refractivity contribution in [1.82, 2.24) is 5.32 Å². The molecule has 3 unspecified atom stereocenters. The molecular formula is C62H115N2O6P. The number of phosphoric ester groups is 1. The van der Waals surface area contributed by atoms with E-state index in [1.165, 1.54) is 180 Å². The van der Waals surface area contributed by atoms with Crippen LogP contribution in [0.5, 0.6) is 0 Å². The van der Waals surface area contributed by atoms with Crippen LogP contribution in [0.4, 0.5) is 0 Å². The summed E-state index contributed by atoms with van der Waals surface area (Å²) >= 11 is 0. The molecule has 0 saturated carbocycles. The predicted octanol–water partition coefficient (Wildman–Crippen LogP) is 17.6. The summed E-state index contributed by atoms with van der Waals surface area (Å²) in [5, 5.41) is 13.9. The van der Waals surface area contributed by atoms with Gasteiger partial charge in [0.15, 0.2) is 0 Å². The number of phosphoric acid groups is 1. The van der Waals surface area contributed by atoms with Crippen molar-refractivity contribution in [2.45, 2.75) is 276 Å². The number of amides is 1. The van der Waals surface area contributed by atoms with Gasteiger partial charge in [-0.25, -0.2) is 0 Å². The molecule has 8 nitrogen and oxygen atoms in total. The Balaban J connectivity index is 4.07. The second-order valence-electron chi connectivity index (χ2n) is 21.3. The average Bonchev–Trinajstić information content (AvgIpc) is 3.33. The number of nitrogens with one attached hydrogen (secondary N) is 1. The largest absolute Gasteiger partial charge is 0.756 e. The zero-order valence-corrected chi connectivity index (χ0v) is 48.1. The van der Waals surface area contributed by atoms with Gasteiger partial charge in [-0.15, -0.1) is 0 Å². The standard InChI is InChI=1S/C62H115N2O6P/c1-6-8-10-12-14-16-18-20-22-24-25-26-27-28-29-30-31-32-33-34-35-36-37-38-39-40-42-44-46-48-50-52-54-56-62(66)63-60(59-70-71(67,68)69-58-57-64(3,4)5)61(65)55-53-51-49-47-45-43-41-23-21-19-17-15-13-11-9-7-2/h8,10,14,16,20,22,25-26,45,47,53,55,60-61,65H,6-7,9,11-13,15,17-19,21,23-24,27-44,46,48-52,54,56-59H2,1-5H3,(H-,63,66,67,68)/b10-8-,16-14-,22-20-,26-25-,47-45+,55-53+. The third kappa shape index (κ3) is 55.5. The number of rotatable bonds is 54. The molecule has 414 valence electrons. The van der Waals surface area contributed by atoms with Crippen molar-refractivity contribution in [3.05, 3.63) is 72.9 Å². The molecule has 1 amide bonds. The van der Waals surface area contributed by atoms with Crippen LogP contribution in [0.15, 0.2) is 72.9 Å². The molecule has 0 saturated heterocycles. The van der Waals surface area contributed by atoms with E-state index in [4.69, 9.17) is 9.05 Å². The van der Waals surface area contributed by atoms with Crippen LogP contribution in [-0.4, -0.2) is 68.5 Å². The summed E-state index contributed by atoms with van der Waals surface area (Å²) in [6, 6.07) is -0.904. The lowest BCUT2D eigenvalue weighted by Gasteiger charge is -2.29. The Labute approximate surface area is 440 Å². The van der Waals surface area contributed by atoms with Crippen LogP contribution in [0.25, 0.3) is 0 Å². The fraction of sp³-hybridized carbons (Fsp3) is 0.790. The Morgan fingerprint density at radius 3 is 1.31 bits per heavy atom.